The second kappa shape index (κ2) is 9.28. The fourth-order valence-electron chi connectivity index (χ4n) is 2.36. The molecule has 3 aromatic rings. The molecular weight excluding hydrogens is 534 g/mol. The number of nitro groups is 1. The number of nitrogens with one attached hydrogen (secondary N) is 1. The summed E-state index contributed by atoms with van der Waals surface area (Å²) in [6.07, 6.45) is 0. The minimum atomic E-state index is -4.13. The number of rotatable bonds is 6. The lowest BCUT2D eigenvalue weighted by Crippen LogP contribution is -2.13. The third kappa shape index (κ3) is 5.46. The number of nitro benzene ring substituents is 1. The Labute approximate surface area is 201 Å². The van der Waals surface area contributed by atoms with E-state index in [2.05, 4.69) is 4.72 Å². The molecule has 0 aromatic heterocycles. The number of non-ortho nitro benzene ring substituents is 1. The number of anilines is 1. The predicted molar refractivity (Wildman–Crippen MR) is 122 cm³/mol. The van der Waals surface area contributed by atoms with E-state index in [-0.39, 0.29) is 52.9 Å². The van der Waals surface area contributed by atoms with Crippen LogP contribution in [0.5, 0.6) is 11.5 Å². The first kappa shape index (κ1) is 23.7. The molecular formula is C18H9Cl5N2O5S. The predicted octanol–water partition coefficient (Wildman–Crippen LogP) is 7.45. The van der Waals surface area contributed by atoms with Crippen molar-refractivity contribution in [2.24, 2.45) is 0 Å². The van der Waals surface area contributed by atoms with Crippen LogP contribution in [-0.4, -0.2) is 13.3 Å². The Morgan fingerprint density at radius 1 is 0.839 bits per heavy atom. The Morgan fingerprint density at radius 3 is 2.06 bits per heavy atom. The first-order valence-electron chi connectivity index (χ1n) is 8.06. The molecule has 0 saturated carbocycles. The average molecular weight is 543 g/mol. The van der Waals surface area contributed by atoms with Crippen molar-refractivity contribution in [3.63, 3.8) is 0 Å². The summed E-state index contributed by atoms with van der Waals surface area (Å²) in [7, 11) is -4.13. The number of ether oxygens (including phenoxy) is 1. The van der Waals surface area contributed by atoms with Crippen LogP contribution in [0.2, 0.25) is 25.1 Å². The van der Waals surface area contributed by atoms with E-state index >= 15 is 0 Å². The molecule has 0 atom stereocenters. The van der Waals surface area contributed by atoms with Gasteiger partial charge in [-0.2, -0.15) is 0 Å². The zero-order valence-corrected chi connectivity index (χ0v) is 19.5. The van der Waals surface area contributed by atoms with Gasteiger partial charge in [0, 0.05) is 17.2 Å². The highest BCUT2D eigenvalue weighted by Gasteiger charge is 2.22. The van der Waals surface area contributed by atoms with Gasteiger partial charge in [0.2, 0.25) is 0 Å². The summed E-state index contributed by atoms with van der Waals surface area (Å²) in [4.78, 5) is 9.94. The SMILES string of the molecule is O=[N+]([O-])c1ccc(Oc2c(Cl)cc(S(=O)(=O)Nc3cc(Cl)ccc3Cl)cc2Cl)c(Cl)c1. The molecule has 0 radical (unpaired) electrons. The van der Waals surface area contributed by atoms with Gasteiger partial charge in [-0.1, -0.05) is 58.0 Å². The number of hydrogen-bond donors (Lipinski definition) is 1. The normalized spacial score (nSPS) is 11.3. The van der Waals surface area contributed by atoms with Gasteiger partial charge in [-0.25, -0.2) is 8.42 Å². The maximum absolute atomic E-state index is 12.7. The lowest BCUT2D eigenvalue weighted by atomic mass is 10.3. The van der Waals surface area contributed by atoms with Crippen LogP contribution in [0.4, 0.5) is 11.4 Å². The van der Waals surface area contributed by atoms with E-state index in [9.17, 15) is 18.5 Å². The number of sulfonamides is 1. The summed E-state index contributed by atoms with van der Waals surface area (Å²) in [6.45, 7) is 0. The van der Waals surface area contributed by atoms with Crippen molar-refractivity contribution >= 4 is 79.4 Å². The van der Waals surface area contributed by atoms with Crippen molar-refractivity contribution in [1.29, 1.82) is 0 Å². The molecule has 0 fully saturated rings. The van der Waals surface area contributed by atoms with Crippen LogP contribution < -0.4 is 9.46 Å². The highest BCUT2D eigenvalue weighted by Crippen LogP contribution is 2.41. The Hall–Kier alpha value is -1.94. The molecule has 0 saturated heterocycles. The summed E-state index contributed by atoms with van der Waals surface area (Å²) < 4.78 is 33.3. The molecule has 0 spiro atoms. The molecule has 31 heavy (non-hydrogen) atoms. The van der Waals surface area contributed by atoms with Crippen molar-refractivity contribution in [2.75, 3.05) is 4.72 Å². The van der Waals surface area contributed by atoms with E-state index in [4.69, 9.17) is 62.7 Å². The maximum Gasteiger partial charge on any atom is 0.271 e. The summed E-state index contributed by atoms with van der Waals surface area (Å²) in [6, 6.07) is 10.1. The first-order chi connectivity index (χ1) is 14.5. The van der Waals surface area contributed by atoms with E-state index in [0.29, 0.717) is 0 Å². The van der Waals surface area contributed by atoms with Gasteiger partial charge in [-0.05, 0) is 36.4 Å². The Bertz CT molecular complexity index is 1280. The van der Waals surface area contributed by atoms with Crippen LogP contribution in [0.1, 0.15) is 0 Å². The molecule has 0 aliphatic carbocycles. The van der Waals surface area contributed by atoms with E-state index in [1.54, 1.807) is 0 Å². The molecule has 0 heterocycles. The molecule has 162 valence electrons. The van der Waals surface area contributed by atoms with Crippen LogP contribution in [-0.2, 0) is 10.0 Å². The Morgan fingerprint density at radius 2 is 1.48 bits per heavy atom. The van der Waals surface area contributed by atoms with Gasteiger partial charge < -0.3 is 4.74 Å². The second-order valence-electron chi connectivity index (χ2n) is 5.92. The van der Waals surface area contributed by atoms with E-state index in [1.807, 2.05) is 0 Å². The van der Waals surface area contributed by atoms with Crippen molar-refractivity contribution < 1.29 is 18.1 Å². The third-order valence-corrected chi connectivity index (χ3v) is 6.56. The maximum atomic E-state index is 12.7. The van der Waals surface area contributed by atoms with Gasteiger partial charge in [-0.3, -0.25) is 14.8 Å². The van der Waals surface area contributed by atoms with Gasteiger partial charge in [0.25, 0.3) is 15.7 Å². The molecule has 0 bridgehead atoms. The lowest BCUT2D eigenvalue weighted by Gasteiger charge is -2.14. The highest BCUT2D eigenvalue weighted by atomic mass is 35.5. The van der Waals surface area contributed by atoms with Gasteiger partial charge in [0.1, 0.15) is 5.75 Å². The van der Waals surface area contributed by atoms with Crippen LogP contribution in [0.15, 0.2) is 53.4 Å². The monoisotopic (exact) mass is 540 g/mol. The van der Waals surface area contributed by atoms with Crippen LogP contribution >= 0.6 is 58.0 Å². The smallest absolute Gasteiger partial charge is 0.271 e. The molecule has 0 aliphatic heterocycles. The molecule has 1 N–H and O–H groups in total. The topological polar surface area (TPSA) is 98.5 Å². The van der Waals surface area contributed by atoms with Gasteiger partial charge in [-0.15, -0.1) is 0 Å². The fraction of sp³-hybridized carbons (Fsp3) is 0. The van der Waals surface area contributed by atoms with Gasteiger partial charge in [0.15, 0.2) is 5.75 Å². The lowest BCUT2D eigenvalue weighted by molar-refractivity contribution is -0.384. The summed E-state index contributed by atoms with van der Waals surface area (Å²) >= 11 is 30.3. The van der Waals surface area contributed by atoms with Crippen LogP contribution in [0.3, 0.4) is 0 Å². The molecule has 0 amide bonds. The van der Waals surface area contributed by atoms with Crippen molar-refractivity contribution in [1.82, 2.24) is 0 Å². The molecule has 3 rings (SSSR count). The first-order valence-corrected chi connectivity index (χ1v) is 11.4. The third-order valence-electron chi connectivity index (χ3n) is 3.79. The number of benzene rings is 3. The van der Waals surface area contributed by atoms with Gasteiger partial charge >= 0.3 is 0 Å². The van der Waals surface area contributed by atoms with Crippen molar-refractivity contribution in [3.05, 3.63) is 83.8 Å². The minimum Gasteiger partial charge on any atom is -0.453 e. The van der Waals surface area contributed by atoms with Crippen LogP contribution in [0, 0.1) is 10.1 Å². The molecule has 3 aromatic carbocycles. The van der Waals surface area contributed by atoms with Crippen molar-refractivity contribution in [3.8, 4) is 11.5 Å². The molecule has 0 aliphatic rings. The zero-order valence-electron chi connectivity index (χ0n) is 14.9. The van der Waals surface area contributed by atoms with E-state index in [1.165, 1.54) is 30.3 Å². The van der Waals surface area contributed by atoms with Crippen molar-refractivity contribution in [2.45, 2.75) is 4.90 Å². The van der Waals surface area contributed by atoms with Gasteiger partial charge in [0.05, 0.1) is 35.6 Å². The van der Waals surface area contributed by atoms with E-state index in [0.717, 1.165) is 18.2 Å². The highest BCUT2D eigenvalue weighted by molar-refractivity contribution is 7.92. The summed E-state index contributed by atoms with van der Waals surface area (Å²) in [5.41, 5.74) is -0.166. The Balaban J connectivity index is 1.93. The number of nitrogens with zero attached hydrogens (tertiary/aromatic N) is 1. The van der Waals surface area contributed by atoms with Crippen LogP contribution in [0.25, 0.3) is 0 Å². The minimum absolute atomic E-state index is 0.0375. The quantitative estimate of drug-likeness (QED) is 0.258. The molecule has 13 heteroatoms. The number of halogens is 5. The second-order valence-corrected chi connectivity index (χ2v) is 9.67. The molecule has 7 nitrogen and oxygen atoms in total. The molecule has 0 unspecified atom stereocenters. The standard InChI is InChI=1S/C18H9Cl5N2O5S/c19-9-1-3-12(20)16(5-9)24-31(28,29)11-7-14(22)18(15(23)8-11)30-17-4-2-10(25(26)27)6-13(17)21/h1-8,24H. The Kier molecular flexibility index (Phi) is 7.10. The fourth-order valence-corrected chi connectivity index (χ4v) is 4.79. The largest absolute Gasteiger partial charge is 0.453 e. The average Bonchev–Trinajstić information content (AvgIpc) is 2.68. The van der Waals surface area contributed by atoms with E-state index < -0.39 is 14.9 Å². The number of hydrogen-bond acceptors (Lipinski definition) is 5. The summed E-state index contributed by atoms with van der Waals surface area (Å²) in [5.74, 6) is -0.0469. The summed E-state index contributed by atoms with van der Waals surface area (Å²) in [5, 5.41) is 10.9. The zero-order chi connectivity index (χ0) is 22.9.